The summed E-state index contributed by atoms with van der Waals surface area (Å²) in [5.74, 6) is -0.371. The molecule has 100 valence electrons. The third-order valence-corrected chi connectivity index (χ3v) is 3.20. The first-order valence-electron chi connectivity index (χ1n) is 5.57. The van der Waals surface area contributed by atoms with Crippen molar-refractivity contribution in [1.29, 1.82) is 0 Å². The number of nitrogens with zero attached hydrogens (tertiary/aromatic N) is 1. The third-order valence-electron chi connectivity index (χ3n) is 2.55. The molecule has 7 heteroatoms. The van der Waals surface area contributed by atoms with Crippen molar-refractivity contribution in [3.63, 3.8) is 0 Å². The predicted molar refractivity (Wildman–Crippen MR) is 73.3 cm³/mol. The Labute approximate surface area is 117 Å². The van der Waals surface area contributed by atoms with Gasteiger partial charge in [-0.05, 0) is 41.1 Å². The van der Waals surface area contributed by atoms with Crippen molar-refractivity contribution < 1.29 is 9.18 Å². The van der Waals surface area contributed by atoms with Crippen LogP contribution in [0.5, 0.6) is 0 Å². The van der Waals surface area contributed by atoms with Crippen LogP contribution in [-0.4, -0.2) is 16.2 Å². The number of carbonyl (C=O) groups excluding carboxylic acids is 1. The lowest BCUT2D eigenvalue weighted by atomic mass is 10.2. The van der Waals surface area contributed by atoms with E-state index >= 15 is 0 Å². The van der Waals surface area contributed by atoms with Crippen LogP contribution >= 0.6 is 15.9 Å². The molecule has 0 fully saturated rings. The molecular formula is C12H12BrFN4O. The Bertz CT molecular complexity index is 573. The molecule has 0 aliphatic heterocycles. The van der Waals surface area contributed by atoms with E-state index in [-0.39, 0.29) is 17.9 Å². The molecule has 1 aromatic heterocycles. The molecule has 2 aromatic rings. The van der Waals surface area contributed by atoms with Crippen molar-refractivity contribution >= 4 is 27.6 Å². The molecule has 0 aliphatic carbocycles. The molecule has 1 aromatic carbocycles. The largest absolute Gasteiger partial charge is 0.331 e. The van der Waals surface area contributed by atoms with Gasteiger partial charge in [0.05, 0.1) is 17.9 Å². The van der Waals surface area contributed by atoms with Crippen LogP contribution in [0.1, 0.15) is 18.5 Å². The second-order valence-corrected chi connectivity index (χ2v) is 4.83. The number of nitrogens with one attached hydrogen (secondary N) is 3. The summed E-state index contributed by atoms with van der Waals surface area (Å²) in [6, 6.07) is 3.50. The van der Waals surface area contributed by atoms with Gasteiger partial charge in [-0.25, -0.2) is 9.18 Å². The second-order valence-electron chi connectivity index (χ2n) is 3.98. The van der Waals surface area contributed by atoms with E-state index in [9.17, 15) is 9.18 Å². The number of hydrogen-bond acceptors (Lipinski definition) is 2. The fourth-order valence-electron chi connectivity index (χ4n) is 1.53. The van der Waals surface area contributed by atoms with Gasteiger partial charge >= 0.3 is 6.03 Å². The molecule has 1 atom stereocenters. The summed E-state index contributed by atoms with van der Waals surface area (Å²) in [6.45, 7) is 1.84. The Morgan fingerprint density at radius 2 is 2.32 bits per heavy atom. The molecule has 2 rings (SSSR count). The summed E-state index contributed by atoms with van der Waals surface area (Å²) in [5.41, 5.74) is 1.37. The minimum absolute atomic E-state index is 0.182. The number of amides is 2. The lowest BCUT2D eigenvalue weighted by molar-refractivity contribution is 0.249. The van der Waals surface area contributed by atoms with Gasteiger partial charge in [0.1, 0.15) is 5.82 Å². The first-order chi connectivity index (χ1) is 9.06. The summed E-state index contributed by atoms with van der Waals surface area (Å²) >= 11 is 3.18. The number of hydrogen-bond donors (Lipinski definition) is 3. The number of urea groups is 1. The van der Waals surface area contributed by atoms with Crippen molar-refractivity contribution in [2.75, 3.05) is 5.32 Å². The van der Waals surface area contributed by atoms with Gasteiger partial charge in [0, 0.05) is 16.2 Å². The van der Waals surface area contributed by atoms with E-state index in [1.807, 2.05) is 6.92 Å². The zero-order chi connectivity index (χ0) is 13.8. The molecule has 0 bridgehead atoms. The second kappa shape index (κ2) is 5.83. The van der Waals surface area contributed by atoms with Crippen molar-refractivity contribution in [1.82, 2.24) is 15.5 Å². The Hall–Kier alpha value is -1.89. The van der Waals surface area contributed by atoms with Crippen LogP contribution in [0, 0.1) is 5.82 Å². The van der Waals surface area contributed by atoms with Gasteiger partial charge in [0.15, 0.2) is 0 Å². The van der Waals surface area contributed by atoms with Gasteiger partial charge < -0.3 is 10.6 Å². The summed E-state index contributed by atoms with van der Waals surface area (Å²) in [4.78, 5) is 11.8. The highest BCUT2D eigenvalue weighted by atomic mass is 79.9. The molecule has 0 aliphatic rings. The Morgan fingerprint density at radius 1 is 1.53 bits per heavy atom. The smallest absolute Gasteiger partial charge is 0.319 e. The summed E-state index contributed by atoms with van der Waals surface area (Å²) in [5, 5.41) is 11.9. The van der Waals surface area contributed by atoms with Gasteiger partial charge in [0.25, 0.3) is 0 Å². The van der Waals surface area contributed by atoms with E-state index in [0.717, 1.165) is 5.56 Å². The van der Waals surface area contributed by atoms with E-state index < -0.39 is 0 Å². The van der Waals surface area contributed by atoms with Gasteiger partial charge in [-0.3, -0.25) is 5.10 Å². The van der Waals surface area contributed by atoms with Crippen LogP contribution in [0.2, 0.25) is 0 Å². The lowest BCUT2D eigenvalue weighted by Gasteiger charge is -2.13. The molecule has 0 saturated heterocycles. The van der Waals surface area contributed by atoms with E-state index in [2.05, 4.69) is 36.8 Å². The average molecular weight is 327 g/mol. The quantitative estimate of drug-likeness (QED) is 0.810. The predicted octanol–water partition coefficient (Wildman–Crippen LogP) is 3.19. The Kier molecular flexibility index (Phi) is 4.16. The minimum atomic E-state index is -0.374. The summed E-state index contributed by atoms with van der Waals surface area (Å²) < 4.78 is 13.4. The number of H-pyrrole nitrogens is 1. The highest BCUT2D eigenvalue weighted by Crippen LogP contribution is 2.23. The first-order valence-corrected chi connectivity index (χ1v) is 6.37. The van der Waals surface area contributed by atoms with E-state index in [1.165, 1.54) is 18.2 Å². The SMILES string of the molecule is C[C@H](NC(=O)Nc1ccc(F)cc1Br)c1cn[nH]c1. The molecule has 2 amide bonds. The Balaban J connectivity index is 1.98. The normalized spacial score (nSPS) is 11.9. The molecule has 3 N–H and O–H groups in total. The van der Waals surface area contributed by atoms with Gasteiger partial charge in [-0.15, -0.1) is 0 Å². The zero-order valence-corrected chi connectivity index (χ0v) is 11.7. The fraction of sp³-hybridized carbons (Fsp3) is 0.167. The average Bonchev–Trinajstić information content (AvgIpc) is 2.86. The number of carbonyl (C=O) groups is 1. The first kappa shape index (κ1) is 13.5. The van der Waals surface area contributed by atoms with Gasteiger partial charge in [-0.1, -0.05) is 0 Å². The fourth-order valence-corrected chi connectivity index (χ4v) is 1.98. The maximum atomic E-state index is 12.9. The standard InChI is InChI=1S/C12H12BrFN4O/c1-7(8-5-15-16-6-8)17-12(19)18-11-3-2-9(14)4-10(11)13/h2-7H,1H3,(H,15,16)(H2,17,18,19)/t7-/m0/s1. The molecule has 5 nitrogen and oxygen atoms in total. The maximum Gasteiger partial charge on any atom is 0.319 e. The molecule has 1 heterocycles. The molecule has 0 unspecified atom stereocenters. The van der Waals surface area contributed by atoms with Crippen molar-refractivity contribution in [3.8, 4) is 0 Å². The van der Waals surface area contributed by atoms with Gasteiger partial charge in [0.2, 0.25) is 0 Å². The number of anilines is 1. The number of aromatic nitrogens is 2. The molecule has 0 saturated carbocycles. The maximum absolute atomic E-state index is 12.9. The van der Waals surface area contributed by atoms with Crippen LogP contribution in [0.25, 0.3) is 0 Å². The summed E-state index contributed by atoms with van der Waals surface area (Å²) in [6.07, 6.45) is 3.34. The van der Waals surface area contributed by atoms with Crippen molar-refractivity contribution in [2.24, 2.45) is 0 Å². The molecular weight excluding hydrogens is 315 g/mol. The zero-order valence-electron chi connectivity index (χ0n) is 10.1. The van der Waals surface area contributed by atoms with E-state index in [1.54, 1.807) is 12.4 Å². The molecule has 0 spiro atoms. The number of halogens is 2. The van der Waals surface area contributed by atoms with Crippen LogP contribution in [0.4, 0.5) is 14.9 Å². The van der Waals surface area contributed by atoms with Crippen LogP contribution < -0.4 is 10.6 Å². The third kappa shape index (κ3) is 3.54. The topological polar surface area (TPSA) is 69.8 Å². The van der Waals surface area contributed by atoms with Crippen LogP contribution in [0.3, 0.4) is 0 Å². The highest BCUT2D eigenvalue weighted by molar-refractivity contribution is 9.10. The molecule has 19 heavy (non-hydrogen) atoms. The minimum Gasteiger partial charge on any atom is -0.331 e. The number of rotatable bonds is 3. The Morgan fingerprint density at radius 3 is 2.95 bits per heavy atom. The number of aromatic amines is 1. The lowest BCUT2D eigenvalue weighted by Crippen LogP contribution is -2.31. The van der Waals surface area contributed by atoms with Crippen LogP contribution in [-0.2, 0) is 0 Å². The van der Waals surface area contributed by atoms with Gasteiger partial charge in [-0.2, -0.15) is 5.10 Å². The van der Waals surface area contributed by atoms with Crippen molar-refractivity contribution in [2.45, 2.75) is 13.0 Å². The monoisotopic (exact) mass is 326 g/mol. The molecule has 0 radical (unpaired) electrons. The van der Waals surface area contributed by atoms with E-state index in [4.69, 9.17) is 0 Å². The van der Waals surface area contributed by atoms with Crippen LogP contribution in [0.15, 0.2) is 35.1 Å². The van der Waals surface area contributed by atoms with E-state index in [0.29, 0.717) is 10.2 Å². The summed E-state index contributed by atoms with van der Waals surface area (Å²) in [7, 11) is 0. The van der Waals surface area contributed by atoms with Crippen molar-refractivity contribution in [3.05, 3.63) is 46.4 Å². The number of benzene rings is 1. The highest BCUT2D eigenvalue weighted by Gasteiger charge is 2.11.